The second-order valence-corrected chi connectivity index (χ2v) is 6.79. The van der Waals surface area contributed by atoms with Crippen molar-refractivity contribution in [2.45, 2.75) is 44.4 Å². The first-order valence-electron chi connectivity index (χ1n) is 7.33. The zero-order valence-electron chi connectivity index (χ0n) is 12.4. The van der Waals surface area contributed by atoms with Gasteiger partial charge in [0.15, 0.2) is 0 Å². The minimum Gasteiger partial charge on any atom is -0.342 e. The Kier molecular flexibility index (Phi) is 9.03. The first-order valence-corrected chi connectivity index (χ1v) is 9.11. The third kappa shape index (κ3) is 6.80. The summed E-state index contributed by atoms with van der Waals surface area (Å²) in [7, 11) is 0. The maximum absolute atomic E-state index is 12.3. The number of carbonyl (C=O) groups is 1. The van der Waals surface area contributed by atoms with Crippen LogP contribution in [0.25, 0.3) is 0 Å². The van der Waals surface area contributed by atoms with Gasteiger partial charge in [-0.05, 0) is 37.1 Å². The third-order valence-corrected chi connectivity index (χ3v) is 4.62. The highest BCUT2D eigenvalue weighted by Gasteiger charge is 2.12. The second-order valence-electron chi connectivity index (χ2n) is 4.83. The SMILES string of the molecule is CCCCN(CCCC)C(=O)CSc1ccc(Br)cc1. The van der Waals surface area contributed by atoms with Crippen LogP contribution in [0.3, 0.4) is 0 Å². The molecule has 4 heteroatoms. The van der Waals surface area contributed by atoms with Crippen LogP contribution in [0.5, 0.6) is 0 Å². The summed E-state index contributed by atoms with van der Waals surface area (Å²) in [5, 5.41) is 0. The lowest BCUT2D eigenvalue weighted by Crippen LogP contribution is -2.34. The molecule has 0 saturated carbocycles. The van der Waals surface area contributed by atoms with E-state index in [0.29, 0.717) is 5.75 Å². The van der Waals surface area contributed by atoms with Crippen LogP contribution in [-0.2, 0) is 4.79 Å². The maximum Gasteiger partial charge on any atom is 0.232 e. The van der Waals surface area contributed by atoms with Crippen molar-refractivity contribution in [2.75, 3.05) is 18.8 Å². The zero-order chi connectivity index (χ0) is 14.8. The maximum atomic E-state index is 12.3. The monoisotopic (exact) mass is 357 g/mol. The molecule has 0 fully saturated rings. The summed E-state index contributed by atoms with van der Waals surface area (Å²) < 4.78 is 1.07. The Hall–Kier alpha value is -0.480. The molecule has 0 atom stereocenters. The predicted octanol–water partition coefficient (Wildman–Crippen LogP) is 4.97. The van der Waals surface area contributed by atoms with E-state index in [4.69, 9.17) is 0 Å². The largest absolute Gasteiger partial charge is 0.342 e. The molecule has 0 bridgehead atoms. The number of carbonyl (C=O) groups excluding carboxylic acids is 1. The van der Waals surface area contributed by atoms with E-state index >= 15 is 0 Å². The van der Waals surface area contributed by atoms with Crippen molar-refractivity contribution in [1.29, 1.82) is 0 Å². The van der Waals surface area contributed by atoms with Crippen LogP contribution in [-0.4, -0.2) is 29.6 Å². The quantitative estimate of drug-likeness (QED) is 0.581. The van der Waals surface area contributed by atoms with Crippen LogP contribution in [0.15, 0.2) is 33.6 Å². The molecule has 112 valence electrons. The molecule has 0 aromatic heterocycles. The van der Waals surface area contributed by atoms with Crippen molar-refractivity contribution >= 4 is 33.6 Å². The topological polar surface area (TPSA) is 20.3 Å². The van der Waals surface area contributed by atoms with E-state index in [1.807, 2.05) is 29.2 Å². The van der Waals surface area contributed by atoms with Crippen molar-refractivity contribution in [1.82, 2.24) is 4.90 Å². The Morgan fingerprint density at radius 3 is 2.15 bits per heavy atom. The van der Waals surface area contributed by atoms with Crippen LogP contribution in [0.2, 0.25) is 0 Å². The highest BCUT2D eigenvalue weighted by molar-refractivity contribution is 9.10. The predicted molar refractivity (Wildman–Crippen MR) is 91.3 cm³/mol. The van der Waals surface area contributed by atoms with Gasteiger partial charge in [-0.25, -0.2) is 0 Å². The van der Waals surface area contributed by atoms with E-state index in [9.17, 15) is 4.79 Å². The molecule has 1 amide bonds. The molecule has 0 N–H and O–H groups in total. The lowest BCUT2D eigenvalue weighted by molar-refractivity contribution is -0.128. The summed E-state index contributed by atoms with van der Waals surface area (Å²) in [5.74, 6) is 0.800. The van der Waals surface area contributed by atoms with E-state index in [0.717, 1.165) is 48.1 Å². The highest BCUT2D eigenvalue weighted by Crippen LogP contribution is 2.21. The second kappa shape index (κ2) is 10.3. The molecule has 0 spiro atoms. The molecule has 0 radical (unpaired) electrons. The normalized spacial score (nSPS) is 10.6. The number of benzene rings is 1. The smallest absolute Gasteiger partial charge is 0.232 e. The van der Waals surface area contributed by atoms with Gasteiger partial charge in [0.2, 0.25) is 5.91 Å². The first kappa shape index (κ1) is 17.6. The molecule has 1 rings (SSSR count). The minimum atomic E-state index is 0.264. The average molecular weight is 358 g/mol. The Balaban J connectivity index is 2.45. The van der Waals surface area contributed by atoms with E-state index in [2.05, 4.69) is 29.8 Å². The molecule has 1 aromatic rings. The number of thioether (sulfide) groups is 1. The van der Waals surface area contributed by atoms with Gasteiger partial charge in [-0.3, -0.25) is 4.79 Å². The number of amides is 1. The highest BCUT2D eigenvalue weighted by atomic mass is 79.9. The Bertz CT molecular complexity index is 386. The van der Waals surface area contributed by atoms with Gasteiger partial charge in [0.1, 0.15) is 0 Å². The number of hydrogen-bond donors (Lipinski definition) is 0. The number of nitrogens with zero attached hydrogens (tertiary/aromatic N) is 1. The molecule has 20 heavy (non-hydrogen) atoms. The minimum absolute atomic E-state index is 0.264. The number of hydrogen-bond acceptors (Lipinski definition) is 2. The van der Waals surface area contributed by atoms with Crippen molar-refractivity contribution in [3.8, 4) is 0 Å². The van der Waals surface area contributed by atoms with Gasteiger partial charge in [-0.15, -0.1) is 11.8 Å². The van der Waals surface area contributed by atoms with Crippen molar-refractivity contribution in [2.24, 2.45) is 0 Å². The van der Waals surface area contributed by atoms with E-state index < -0.39 is 0 Å². The summed E-state index contributed by atoms with van der Waals surface area (Å²) >= 11 is 5.04. The van der Waals surface area contributed by atoms with Gasteiger partial charge in [0, 0.05) is 22.5 Å². The van der Waals surface area contributed by atoms with E-state index in [1.165, 1.54) is 0 Å². The van der Waals surface area contributed by atoms with Crippen LogP contribution < -0.4 is 0 Å². The van der Waals surface area contributed by atoms with Crippen molar-refractivity contribution in [3.63, 3.8) is 0 Å². The average Bonchev–Trinajstić information content (AvgIpc) is 2.46. The first-order chi connectivity index (χ1) is 9.67. The van der Waals surface area contributed by atoms with Crippen molar-refractivity contribution in [3.05, 3.63) is 28.7 Å². The molecule has 0 aliphatic heterocycles. The van der Waals surface area contributed by atoms with Gasteiger partial charge in [0.05, 0.1) is 5.75 Å². The summed E-state index contributed by atoms with van der Waals surface area (Å²) in [6.45, 7) is 6.13. The molecule has 2 nitrogen and oxygen atoms in total. The molecule has 1 aromatic carbocycles. The molecular weight excluding hydrogens is 334 g/mol. The fourth-order valence-electron chi connectivity index (χ4n) is 1.83. The van der Waals surface area contributed by atoms with Gasteiger partial charge in [0.25, 0.3) is 0 Å². The number of unbranched alkanes of at least 4 members (excludes halogenated alkanes) is 2. The fourth-order valence-corrected chi connectivity index (χ4v) is 2.89. The van der Waals surface area contributed by atoms with Crippen LogP contribution in [0.4, 0.5) is 0 Å². The van der Waals surface area contributed by atoms with E-state index in [1.54, 1.807) is 11.8 Å². The van der Waals surface area contributed by atoms with Crippen LogP contribution in [0.1, 0.15) is 39.5 Å². The van der Waals surface area contributed by atoms with Gasteiger partial charge in [-0.1, -0.05) is 42.6 Å². The number of rotatable bonds is 9. The molecular formula is C16H24BrNOS. The molecule has 0 saturated heterocycles. The fraction of sp³-hybridized carbons (Fsp3) is 0.562. The summed E-state index contributed by atoms with van der Waals surface area (Å²) in [4.78, 5) is 15.5. The van der Waals surface area contributed by atoms with Crippen molar-refractivity contribution < 1.29 is 4.79 Å². The van der Waals surface area contributed by atoms with E-state index in [-0.39, 0.29) is 5.91 Å². The molecule has 0 unspecified atom stereocenters. The summed E-state index contributed by atoms with van der Waals surface area (Å²) in [6.07, 6.45) is 4.46. The zero-order valence-corrected chi connectivity index (χ0v) is 14.8. The molecule has 0 heterocycles. The molecule has 0 aliphatic carbocycles. The Labute approximate surface area is 135 Å². The standard InChI is InChI=1S/C16H24BrNOS/c1-3-5-11-18(12-6-4-2)16(19)13-20-15-9-7-14(17)8-10-15/h7-10H,3-6,11-13H2,1-2H3. The van der Waals surface area contributed by atoms with Gasteiger partial charge < -0.3 is 4.90 Å². The number of halogens is 1. The van der Waals surface area contributed by atoms with Gasteiger partial charge >= 0.3 is 0 Å². The summed E-state index contributed by atoms with van der Waals surface area (Å²) in [6, 6.07) is 8.12. The lowest BCUT2D eigenvalue weighted by Gasteiger charge is -2.22. The van der Waals surface area contributed by atoms with Gasteiger partial charge in [-0.2, -0.15) is 0 Å². The Morgan fingerprint density at radius 2 is 1.65 bits per heavy atom. The lowest BCUT2D eigenvalue weighted by atomic mass is 10.2. The third-order valence-electron chi connectivity index (χ3n) is 3.09. The Morgan fingerprint density at radius 1 is 1.10 bits per heavy atom. The summed E-state index contributed by atoms with van der Waals surface area (Å²) in [5.41, 5.74) is 0. The van der Waals surface area contributed by atoms with Crippen LogP contribution in [0, 0.1) is 0 Å². The molecule has 0 aliphatic rings. The van der Waals surface area contributed by atoms with Crippen LogP contribution >= 0.6 is 27.7 Å².